The second kappa shape index (κ2) is 8.13. The summed E-state index contributed by atoms with van der Waals surface area (Å²) in [5, 5.41) is 3.55. The maximum absolute atomic E-state index is 3.55. The lowest BCUT2D eigenvalue weighted by molar-refractivity contribution is 0.0505. The first-order valence-corrected chi connectivity index (χ1v) is 7.75. The summed E-state index contributed by atoms with van der Waals surface area (Å²) in [6.07, 6.45) is 2.50. The highest BCUT2D eigenvalue weighted by Crippen LogP contribution is 2.17. The van der Waals surface area contributed by atoms with Crippen LogP contribution in [0, 0.1) is 5.92 Å². The summed E-state index contributed by atoms with van der Waals surface area (Å²) in [5.41, 5.74) is 0. The van der Waals surface area contributed by atoms with Gasteiger partial charge in [-0.05, 0) is 45.8 Å². The van der Waals surface area contributed by atoms with Gasteiger partial charge in [0.25, 0.3) is 0 Å². The van der Waals surface area contributed by atoms with E-state index in [1.807, 2.05) is 0 Å². The third-order valence-electron chi connectivity index (χ3n) is 4.57. The number of piperazine rings is 1. The van der Waals surface area contributed by atoms with E-state index >= 15 is 0 Å². The minimum atomic E-state index is 0.692. The number of likely N-dealkylation sites (N-methyl/N-ethyl adjacent to an activating group) is 1. The smallest absolute Gasteiger partial charge is 0.0218 e. The molecular weight excluding hydrogens is 222 g/mol. The Morgan fingerprint density at radius 2 is 1.94 bits per heavy atom. The van der Waals surface area contributed by atoms with Gasteiger partial charge in [-0.3, -0.25) is 4.90 Å². The van der Waals surface area contributed by atoms with E-state index in [9.17, 15) is 0 Å². The van der Waals surface area contributed by atoms with Crippen LogP contribution in [0.1, 0.15) is 40.5 Å². The van der Waals surface area contributed by atoms with Crippen LogP contribution in [0.5, 0.6) is 0 Å². The van der Waals surface area contributed by atoms with Gasteiger partial charge in [-0.1, -0.05) is 20.8 Å². The Morgan fingerprint density at radius 1 is 1.22 bits per heavy atom. The van der Waals surface area contributed by atoms with E-state index in [4.69, 9.17) is 0 Å². The van der Waals surface area contributed by atoms with Crippen LogP contribution in [-0.4, -0.2) is 61.7 Å². The van der Waals surface area contributed by atoms with Crippen LogP contribution in [0.4, 0.5) is 0 Å². The Labute approximate surface area is 114 Å². The minimum Gasteiger partial charge on any atom is -0.316 e. The van der Waals surface area contributed by atoms with Crippen molar-refractivity contribution in [3.63, 3.8) is 0 Å². The molecule has 3 heteroatoms. The Balaban J connectivity index is 2.38. The second-order valence-corrected chi connectivity index (χ2v) is 5.96. The fraction of sp³-hybridized carbons (Fsp3) is 1.00. The molecule has 0 aliphatic carbocycles. The predicted octanol–water partition coefficient (Wildman–Crippen LogP) is 2.04. The third kappa shape index (κ3) is 4.52. The van der Waals surface area contributed by atoms with Crippen molar-refractivity contribution < 1.29 is 0 Å². The van der Waals surface area contributed by atoms with Gasteiger partial charge in [0.2, 0.25) is 0 Å². The number of hydrogen-bond donors (Lipinski definition) is 1. The summed E-state index contributed by atoms with van der Waals surface area (Å²) in [4.78, 5) is 5.20. The van der Waals surface area contributed by atoms with Gasteiger partial charge in [0.15, 0.2) is 0 Å². The monoisotopic (exact) mass is 255 g/mol. The van der Waals surface area contributed by atoms with Crippen molar-refractivity contribution in [3.8, 4) is 0 Å². The van der Waals surface area contributed by atoms with E-state index in [0.29, 0.717) is 6.04 Å². The zero-order valence-electron chi connectivity index (χ0n) is 13.1. The Morgan fingerprint density at radius 3 is 2.56 bits per heavy atom. The lowest BCUT2D eigenvalue weighted by Crippen LogP contribution is -2.55. The quantitative estimate of drug-likeness (QED) is 0.702. The van der Waals surface area contributed by atoms with Gasteiger partial charge in [0, 0.05) is 31.7 Å². The molecule has 1 fully saturated rings. The normalized spacial score (nSPS) is 26.2. The van der Waals surface area contributed by atoms with Gasteiger partial charge in [0.1, 0.15) is 0 Å². The number of rotatable bonds is 7. The van der Waals surface area contributed by atoms with E-state index in [0.717, 1.165) is 25.0 Å². The Kier molecular flexibility index (Phi) is 7.20. The average molecular weight is 255 g/mol. The van der Waals surface area contributed by atoms with Gasteiger partial charge in [-0.15, -0.1) is 0 Å². The molecule has 1 N–H and O–H groups in total. The summed E-state index contributed by atoms with van der Waals surface area (Å²) >= 11 is 0. The molecule has 0 aromatic rings. The lowest BCUT2D eigenvalue weighted by atomic mass is 9.99. The SMILES string of the molecule is CCCNCC(C)C(C)N1CCN(C)C(CC)C1. The van der Waals surface area contributed by atoms with E-state index in [2.05, 4.69) is 49.9 Å². The number of nitrogens with zero attached hydrogens (tertiary/aromatic N) is 2. The summed E-state index contributed by atoms with van der Waals surface area (Å²) in [6.45, 7) is 15.3. The van der Waals surface area contributed by atoms with Crippen molar-refractivity contribution in [1.29, 1.82) is 0 Å². The van der Waals surface area contributed by atoms with Crippen molar-refractivity contribution in [3.05, 3.63) is 0 Å². The summed E-state index contributed by atoms with van der Waals surface area (Å²) in [5.74, 6) is 0.734. The zero-order valence-corrected chi connectivity index (χ0v) is 13.1. The molecule has 0 bridgehead atoms. The zero-order chi connectivity index (χ0) is 13.5. The van der Waals surface area contributed by atoms with Crippen LogP contribution in [-0.2, 0) is 0 Å². The molecule has 1 heterocycles. The molecule has 1 saturated heterocycles. The van der Waals surface area contributed by atoms with Crippen molar-refractivity contribution in [1.82, 2.24) is 15.1 Å². The average Bonchev–Trinajstić information content (AvgIpc) is 2.38. The van der Waals surface area contributed by atoms with Gasteiger partial charge < -0.3 is 10.2 Å². The fourth-order valence-electron chi connectivity index (χ4n) is 2.82. The van der Waals surface area contributed by atoms with Crippen LogP contribution < -0.4 is 5.32 Å². The highest BCUT2D eigenvalue weighted by Gasteiger charge is 2.27. The molecule has 3 atom stereocenters. The maximum Gasteiger partial charge on any atom is 0.0218 e. The molecule has 0 amide bonds. The Hall–Kier alpha value is -0.120. The highest BCUT2D eigenvalue weighted by molar-refractivity contribution is 4.84. The van der Waals surface area contributed by atoms with Crippen molar-refractivity contribution >= 4 is 0 Å². The number of hydrogen-bond acceptors (Lipinski definition) is 3. The standard InChI is InChI=1S/C15H33N3/c1-6-8-16-11-13(3)14(4)18-10-9-17(5)15(7-2)12-18/h13-16H,6-12H2,1-5H3. The van der Waals surface area contributed by atoms with Gasteiger partial charge >= 0.3 is 0 Å². The molecule has 3 unspecified atom stereocenters. The van der Waals surface area contributed by atoms with E-state index < -0.39 is 0 Å². The minimum absolute atomic E-state index is 0.692. The molecule has 3 nitrogen and oxygen atoms in total. The molecule has 0 radical (unpaired) electrons. The fourth-order valence-corrected chi connectivity index (χ4v) is 2.82. The van der Waals surface area contributed by atoms with E-state index in [-0.39, 0.29) is 0 Å². The van der Waals surface area contributed by atoms with Gasteiger partial charge in [0.05, 0.1) is 0 Å². The van der Waals surface area contributed by atoms with E-state index in [1.54, 1.807) is 0 Å². The molecule has 1 aliphatic rings. The highest BCUT2D eigenvalue weighted by atomic mass is 15.3. The molecular formula is C15H33N3. The first-order valence-electron chi connectivity index (χ1n) is 7.75. The molecule has 108 valence electrons. The van der Waals surface area contributed by atoms with Crippen molar-refractivity contribution in [2.45, 2.75) is 52.6 Å². The molecule has 1 aliphatic heterocycles. The summed E-state index contributed by atoms with van der Waals surface area (Å²) in [7, 11) is 2.27. The van der Waals surface area contributed by atoms with Crippen LogP contribution in [0.25, 0.3) is 0 Å². The maximum atomic E-state index is 3.55. The van der Waals surface area contributed by atoms with Crippen LogP contribution in [0.15, 0.2) is 0 Å². The predicted molar refractivity (Wildman–Crippen MR) is 80.1 cm³/mol. The topological polar surface area (TPSA) is 18.5 Å². The first kappa shape index (κ1) is 15.9. The van der Waals surface area contributed by atoms with Crippen LogP contribution >= 0.6 is 0 Å². The molecule has 0 saturated carbocycles. The van der Waals surface area contributed by atoms with Gasteiger partial charge in [-0.25, -0.2) is 0 Å². The molecule has 1 rings (SSSR count). The largest absolute Gasteiger partial charge is 0.316 e. The molecule has 0 aromatic heterocycles. The lowest BCUT2D eigenvalue weighted by Gasteiger charge is -2.43. The summed E-state index contributed by atoms with van der Waals surface area (Å²) in [6, 6.07) is 1.44. The first-order chi connectivity index (χ1) is 8.60. The number of nitrogens with one attached hydrogen (secondary N) is 1. The molecule has 0 spiro atoms. The molecule has 18 heavy (non-hydrogen) atoms. The van der Waals surface area contributed by atoms with E-state index in [1.165, 1.54) is 32.5 Å². The Bertz CT molecular complexity index is 220. The van der Waals surface area contributed by atoms with Gasteiger partial charge in [-0.2, -0.15) is 0 Å². The second-order valence-electron chi connectivity index (χ2n) is 5.96. The summed E-state index contributed by atoms with van der Waals surface area (Å²) < 4.78 is 0. The van der Waals surface area contributed by atoms with Crippen LogP contribution in [0.2, 0.25) is 0 Å². The van der Waals surface area contributed by atoms with Crippen molar-refractivity contribution in [2.24, 2.45) is 5.92 Å². The third-order valence-corrected chi connectivity index (χ3v) is 4.57. The van der Waals surface area contributed by atoms with Crippen molar-refractivity contribution in [2.75, 3.05) is 39.8 Å². The molecule has 0 aromatic carbocycles. The van der Waals surface area contributed by atoms with Crippen LogP contribution in [0.3, 0.4) is 0 Å².